The average molecular weight is 368 g/mol. The van der Waals surface area contributed by atoms with Crippen molar-refractivity contribution in [3.05, 3.63) is 58.6 Å². The molecule has 3 rings (SSSR count). The summed E-state index contributed by atoms with van der Waals surface area (Å²) in [6, 6.07) is 9.02. The highest BCUT2D eigenvalue weighted by molar-refractivity contribution is 7.13. The van der Waals surface area contributed by atoms with Gasteiger partial charge in [0.15, 0.2) is 5.13 Å². The molecule has 0 radical (unpaired) electrons. The Balaban J connectivity index is 1.67. The van der Waals surface area contributed by atoms with E-state index in [1.54, 1.807) is 0 Å². The maximum Gasteiger partial charge on any atom is 0.180 e. The summed E-state index contributed by atoms with van der Waals surface area (Å²) < 4.78 is 0. The fourth-order valence-corrected chi connectivity index (χ4v) is 4.24. The van der Waals surface area contributed by atoms with Crippen LogP contribution in [-0.4, -0.2) is 17.7 Å². The first-order chi connectivity index (χ1) is 12.7. The van der Waals surface area contributed by atoms with E-state index in [4.69, 9.17) is 5.73 Å². The second kappa shape index (κ2) is 9.13. The van der Waals surface area contributed by atoms with E-state index in [-0.39, 0.29) is 5.41 Å². The Morgan fingerprint density at radius 3 is 2.50 bits per heavy atom. The van der Waals surface area contributed by atoms with Crippen LogP contribution in [0, 0.1) is 0 Å². The maximum atomic E-state index is 5.89. The zero-order valence-corrected chi connectivity index (χ0v) is 16.5. The van der Waals surface area contributed by atoms with E-state index in [2.05, 4.69) is 52.6 Å². The number of unbranched alkanes of at least 4 members (excludes halogenated alkanes) is 5. The molecule has 4 heteroatoms. The smallest absolute Gasteiger partial charge is 0.180 e. The third-order valence-corrected chi connectivity index (χ3v) is 5.85. The zero-order chi connectivity index (χ0) is 18.2. The van der Waals surface area contributed by atoms with Crippen LogP contribution >= 0.6 is 11.3 Å². The van der Waals surface area contributed by atoms with Crippen LogP contribution in [0.2, 0.25) is 0 Å². The largest absolute Gasteiger partial charge is 0.375 e. The Hall–Kier alpha value is -1.94. The Morgan fingerprint density at radius 1 is 1.08 bits per heavy atom. The molecule has 3 nitrogen and oxygen atoms in total. The number of aromatic nitrogens is 1. The molecule has 1 aromatic heterocycles. The Bertz CT molecular complexity index is 745. The molecule has 1 aliphatic heterocycles. The molecule has 1 aliphatic rings. The first kappa shape index (κ1) is 18.8. The Labute approximate surface area is 161 Å². The average Bonchev–Trinajstić information content (AvgIpc) is 3.12. The fraction of sp³-hybridized carbons (Fsp3) is 0.455. The van der Waals surface area contributed by atoms with E-state index in [9.17, 15) is 0 Å². The van der Waals surface area contributed by atoms with Crippen LogP contribution in [0.5, 0.6) is 0 Å². The number of thiazole rings is 1. The van der Waals surface area contributed by atoms with Crippen molar-refractivity contribution in [2.75, 3.05) is 12.3 Å². The van der Waals surface area contributed by atoms with E-state index in [0.717, 1.165) is 12.1 Å². The van der Waals surface area contributed by atoms with Crippen molar-refractivity contribution in [1.82, 2.24) is 4.98 Å². The number of allylic oxidation sites excluding steroid dienone is 1. The Kier molecular flexibility index (Phi) is 6.62. The van der Waals surface area contributed by atoms with Crippen LogP contribution in [-0.2, 0) is 11.8 Å². The number of rotatable bonds is 9. The van der Waals surface area contributed by atoms with Crippen LogP contribution in [0.25, 0.3) is 0 Å². The molecular weight excluding hydrogens is 338 g/mol. The summed E-state index contributed by atoms with van der Waals surface area (Å²) in [5.41, 5.74) is 9.25. The lowest BCUT2D eigenvalue weighted by atomic mass is 9.76. The second-order valence-electron chi connectivity index (χ2n) is 7.11. The molecule has 0 fully saturated rings. The summed E-state index contributed by atoms with van der Waals surface area (Å²) in [6.45, 7) is 2.95. The summed E-state index contributed by atoms with van der Waals surface area (Å²) in [5, 5.41) is 2.67. The van der Waals surface area contributed by atoms with Crippen molar-refractivity contribution in [3.63, 3.8) is 0 Å². The number of hydrogen-bond acceptors (Lipinski definition) is 4. The minimum Gasteiger partial charge on any atom is -0.375 e. The lowest BCUT2D eigenvalue weighted by Gasteiger charge is -2.29. The molecule has 1 aromatic carbocycles. The second-order valence-corrected chi connectivity index (χ2v) is 8.00. The van der Waals surface area contributed by atoms with Crippen LogP contribution in [0.15, 0.2) is 46.8 Å². The summed E-state index contributed by atoms with van der Waals surface area (Å²) >= 11 is 1.49. The standard InChI is InChI=1S/C22H29N3S/c1-2-3-4-5-6-7-9-18-10-12-19(13-11-18)22(14-8-15-24-17-22)20-16-26-21(23)25-20/h8,10-16H,2-7,9,17H2,1H3,(H2,23,25). The van der Waals surface area contributed by atoms with E-state index < -0.39 is 0 Å². The molecule has 138 valence electrons. The van der Waals surface area contributed by atoms with Gasteiger partial charge >= 0.3 is 0 Å². The maximum absolute atomic E-state index is 5.89. The van der Waals surface area contributed by atoms with Gasteiger partial charge in [0.1, 0.15) is 0 Å². The van der Waals surface area contributed by atoms with Crippen molar-refractivity contribution >= 4 is 22.7 Å². The van der Waals surface area contributed by atoms with Gasteiger partial charge in [-0.3, -0.25) is 4.99 Å². The number of nitrogen functional groups attached to an aromatic ring is 1. The lowest BCUT2D eigenvalue weighted by Crippen LogP contribution is -2.31. The number of hydrogen-bond donors (Lipinski definition) is 1. The highest BCUT2D eigenvalue weighted by atomic mass is 32.1. The van der Waals surface area contributed by atoms with Crippen molar-refractivity contribution in [2.24, 2.45) is 4.99 Å². The van der Waals surface area contributed by atoms with Crippen LogP contribution in [0.4, 0.5) is 5.13 Å². The number of aryl methyl sites for hydroxylation is 1. The summed E-state index contributed by atoms with van der Waals surface area (Å²) in [4.78, 5) is 9.07. The van der Waals surface area contributed by atoms with E-state index in [1.165, 1.54) is 61.0 Å². The topological polar surface area (TPSA) is 51.3 Å². The van der Waals surface area contributed by atoms with Crippen LogP contribution in [0.1, 0.15) is 62.3 Å². The predicted octanol–water partition coefficient (Wildman–Crippen LogP) is 5.56. The number of nitrogens with two attached hydrogens (primary N) is 1. The summed E-state index contributed by atoms with van der Waals surface area (Å²) in [7, 11) is 0. The predicted molar refractivity (Wildman–Crippen MR) is 113 cm³/mol. The Morgan fingerprint density at radius 2 is 1.85 bits per heavy atom. The zero-order valence-electron chi connectivity index (χ0n) is 15.7. The first-order valence-corrected chi connectivity index (χ1v) is 10.6. The van der Waals surface area contributed by atoms with E-state index >= 15 is 0 Å². The molecule has 0 aliphatic carbocycles. The van der Waals surface area contributed by atoms with Crippen molar-refractivity contribution in [3.8, 4) is 0 Å². The van der Waals surface area contributed by atoms with Gasteiger partial charge in [-0.25, -0.2) is 4.98 Å². The van der Waals surface area contributed by atoms with Gasteiger partial charge in [0.2, 0.25) is 0 Å². The normalized spacial score (nSPS) is 19.1. The molecule has 2 N–H and O–H groups in total. The molecule has 1 unspecified atom stereocenters. The number of aliphatic imine (C=N–C) groups is 1. The molecule has 1 atom stereocenters. The van der Waals surface area contributed by atoms with Gasteiger partial charge in [-0.15, -0.1) is 11.3 Å². The molecule has 0 amide bonds. The van der Waals surface area contributed by atoms with Gasteiger partial charge in [-0.1, -0.05) is 69.4 Å². The molecular formula is C22H29N3S. The third kappa shape index (κ3) is 4.42. The number of anilines is 1. The molecule has 2 heterocycles. The molecule has 0 spiro atoms. The van der Waals surface area contributed by atoms with Crippen molar-refractivity contribution in [1.29, 1.82) is 0 Å². The minimum absolute atomic E-state index is 0.290. The molecule has 0 bridgehead atoms. The number of benzene rings is 1. The molecule has 0 saturated heterocycles. The van der Waals surface area contributed by atoms with Crippen molar-refractivity contribution < 1.29 is 0 Å². The highest BCUT2D eigenvalue weighted by Gasteiger charge is 2.34. The first-order valence-electron chi connectivity index (χ1n) is 9.73. The van der Waals surface area contributed by atoms with Gasteiger partial charge in [0, 0.05) is 11.6 Å². The molecule has 2 aromatic rings. The van der Waals surface area contributed by atoms with Gasteiger partial charge in [-0.05, 0) is 30.0 Å². The summed E-state index contributed by atoms with van der Waals surface area (Å²) in [6.07, 6.45) is 15.3. The molecule has 0 saturated carbocycles. The lowest BCUT2D eigenvalue weighted by molar-refractivity contribution is 0.607. The van der Waals surface area contributed by atoms with Gasteiger partial charge in [0.05, 0.1) is 17.7 Å². The minimum atomic E-state index is -0.290. The van der Waals surface area contributed by atoms with Gasteiger partial charge < -0.3 is 5.73 Å². The van der Waals surface area contributed by atoms with Gasteiger partial charge in [-0.2, -0.15) is 0 Å². The van der Waals surface area contributed by atoms with E-state index in [0.29, 0.717) is 11.7 Å². The molecule has 26 heavy (non-hydrogen) atoms. The quantitative estimate of drug-likeness (QED) is 0.590. The number of nitrogens with zero attached hydrogens (tertiary/aromatic N) is 2. The van der Waals surface area contributed by atoms with Crippen LogP contribution < -0.4 is 5.73 Å². The third-order valence-electron chi connectivity index (χ3n) is 5.18. The van der Waals surface area contributed by atoms with Crippen molar-refractivity contribution in [2.45, 2.75) is 57.3 Å². The monoisotopic (exact) mass is 367 g/mol. The summed E-state index contributed by atoms with van der Waals surface area (Å²) in [5.74, 6) is 0. The number of dihydropyridines is 1. The van der Waals surface area contributed by atoms with Gasteiger partial charge in [0.25, 0.3) is 0 Å². The SMILES string of the molecule is CCCCCCCCc1ccc(C2(c3csc(N)n3)C=CC=NC2)cc1. The van der Waals surface area contributed by atoms with E-state index in [1.807, 2.05) is 12.3 Å². The van der Waals surface area contributed by atoms with Crippen LogP contribution in [0.3, 0.4) is 0 Å². The highest BCUT2D eigenvalue weighted by Crippen LogP contribution is 2.36. The fourth-order valence-electron chi connectivity index (χ4n) is 3.59.